The monoisotopic (exact) mass is 254 g/mol. The Bertz CT molecular complexity index is 467. The van der Waals surface area contributed by atoms with E-state index in [1.54, 1.807) is 0 Å². The summed E-state index contributed by atoms with van der Waals surface area (Å²) < 4.78 is 26.5. The van der Waals surface area contributed by atoms with Crippen molar-refractivity contribution < 1.29 is 18.4 Å². The SMILES string of the molecule is O=C(NCc1c(F)cccc1F)C(=O)NC1CC1. The topological polar surface area (TPSA) is 58.2 Å². The van der Waals surface area contributed by atoms with Crippen molar-refractivity contribution in [3.05, 3.63) is 35.4 Å². The van der Waals surface area contributed by atoms with E-state index in [1.165, 1.54) is 6.07 Å². The first-order valence-corrected chi connectivity index (χ1v) is 5.59. The highest BCUT2D eigenvalue weighted by atomic mass is 19.1. The molecule has 1 aromatic rings. The normalized spacial score (nSPS) is 14.1. The van der Waals surface area contributed by atoms with Crippen LogP contribution in [-0.4, -0.2) is 17.9 Å². The smallest absolute Gasteiger partial charge is 0.309 e. The zero-order chi connectivity index (χ0) is 13.1. The lowest BCUT2D eigenvalue weighted by Crippen LogP contribution is -2.40. The molecule has 18 heavy (non-hydrogen) atoms. The van der Waals surface area contributed by atoms with Crippen LogP contribution < -0.4 is 10.6 Å². The van der Waals surface area contributed by atoms with Crippen molar-refractivity contribution in [2.75, 3.05) is 0 Å². The maximum absolute atomic E-state index is 13.2. The number of carbonyl (C=O) groups is 2. The molecule has 1 saturated carbocycles. The number of carbonyl (C=O) groups excluding carboxylic acids is 2. The van der Waals surface area contributed by atoms with E-state index in [0.717, 1.165) is 25.0 Å². The van der Waals surface area contributed by atoms with Gasteiger partial charge in [-0.3, -0.25) is 9.59 Å². The maximum Gasteiger partial charge on any atom is 0.309 e. The van der Waals surface area contributed by atoms with Gasteiger partial charge in [0.05, 0.1) is 0 Å². The van der Waals surface area contributed by atoms with E-state index in [2.05, 4.69) is 10.6 Å². The molecule has 1 aliphatic carbocycles. The second-order valence-electron chi connectivity index (χ2n) is 4.13. The molecular formula is C12H12F2N2O2. The van der Waals surface area contributed by atoms with Crippen LogP contribution in [0.3, 0.4) is 0 Å². The van der Waals surface area contributed by atoms with Gasteiger partial charge in [-0.25, -0.2) is 8.78 Å². The van der Waals surface area contributed by atoms with Gasteiger partial charge in [0.15, 0.2) is 0 Å². The molecule has 96 valence electrons. The van der Waals surface area contributed by atoms with Gasteiger partial charge in [0.25, 0.3) is 0 Å². The second kappa shape index (κ2) is 5.12. The van der Waals surface area contributed by atoms with Gasteiger partial charge in [0.1, 0.15) is 11.6 Å². The van der Waals surface area contributed by atoms with Crippen LogP contribution in [-0.2, 0) is 16.1 Å². The summed E-state index contributed by atoms with van der Waals surface area (Å²) >= 11 is 0. The fourth-order valence-electron chi connectivity index (χ4n) is 1.43. The predicted molar refractivity (Wildman–Crippen MR) is 59.4 cm³/mol. The first kappa shape index (κ1) is 12.5. The van der Waals surface area contributed by atoms with Crippen LogP contribution in [0.4, 0.5) is 8.78 Å². The number of rotatable bonds is 3. The molecular weight excluding hydrogens is 242 g/mol. The molecule has 0 unspecified atom stereocenters. The summed E-state index contributed by atoms with van der Waals surface area (Å²) in [5, 5.41) is 4.66. The molecule has 0 heterocycles. The average molecular weight is 254 g/mol. The van der Waals surface area contributed by atoms with Crippen molar-refractivity contribution in [2.24, 2.45) is 0 Å². The molecule has 0 bridgehead atoms. The van der Waals surface area contributed by atoms with E-state index in [4.69, 9.17) is 0 Å². The van der Waals surface area contributed by atoms with Crippen LogP contribution in [0.5, 0.6) is 0 Å². The molecule has 0 spiro atoms. The summed E-state index contributed by atoms with van der Waals surface area (Å²) in [5.41, 5.74) is -0.259. The summed E-state index contributed by atoms with van der Waals surface area (Å²) in [6.45, 7) is -0.352. The van der Waals surface area contributed by atoms with E-state index in [9.17, 15) is 18.4 Å². The van der Waals surface area contributed by atoms with Gasteiger partial charge in [-0.2, -0.15) is 0 Å². The summed E-state index contributed by atoms with van der Waals surface area (Å²) in [4.78, 5) is 22.6. The minimum atomic E-state index is -0.885. The van der Waals surface area contributed by atoms with Gasteiger partial charge in [-0.05, 0) is 25.0 Å². The summed E-state index contributed by atoms with van der Waals surface area (Å²) in [5.74, 6) is -3.16. The number of amides is 2. The molecule has 2 amide bonds. The molecule has 2 N–H and O–H groups in total. The zero-order valence-corrected chi connectivity index (χ0v) is 9.50. The minimum Gasteiger partial charge on any atom is -0.345 e. The third-order valence-electron chi connectivity index (χ3n) is 2.61. The summed E-state index contributed by atoms with van der Waals surface area (Å²) in [7, 11) is 0. The maximum atomic E-state index is 13.2. The molecule has 0 radical (unpaired) electrons. The van der Waals surface area contributed by atoms with Crippen molar-refractivity contribution in [2.45, 2.75) is 25.4 Å². The van der Waals surface area contributed by atoms with E-state index in [1.807, 2.05) is 0 Å². The predicted octanol–water partition coefficient (Wildman–Crippen LogP) is 0.860. The molecule has 0 aromatic heterocycles. The Hall–Kier alpha value is -1.98. The van der Waals surface area contributed by atoms with E-state index in [0.29, 0.717) is 0 Å². The third-order valence-corrected chi connectivity index (χ3v) is 2.61. The lowest BCUT2D eigenvalue weighted by Gasteiger charge is -2.07. The van der Waals surface area contributed by atoms with Crippen molar-refractivity contribution in [1.82, 2.24) is 10.6 Å². The Kier molecular flexibility index (Phi) is 3.55. The van der Waals surface area contributed by atoms with Crippen LogP contribution in [0, 0.1) is 11.6 Å². The number of halogens is 2. The quantitative estimate of drug-likeness (QED) is 0.786. The number of nitrogens with one attached hydrogen (secondary N) is 2. The van der Waals surface area contributed by atoms with Gasteiger partial charge in [-0.1, -0.05) is 6.07 Å². The minimum absolute atomic E-state index is 0.0634. The molecule has 0 saturated heterocycles. The highest BCUT2D eigenvalue weighted by molar-refractivity contribution is 6.35. The molecule has 6 heteroatoms. The molecule has 2 rings (SSSR count). The Labute approximate surface area is 102 Å². The number of hydrogen-bond donors (Lipinski definition) is 2. The zero-order valence-electron chi connectivity index (χ0n) is 9.50. The largest absolute Gasteiger partial charge is 0.345 e. The second-order valence-corrected chi connectivity index (χ2v) is 4.13. The fourth-order valence-corrected chi connectivity index (χ4v) is 1.43. The van der Waals surface area contributed by atoms with Crippen molar-refractivity contribution in [1.29, 1.82) is 0 Å². The van der Waals surface area contributed by atoms with Gasteiger partial charge < -0.3 is 10.6 Å². The Morgan fingerprint density at radius 2 is 1.78 bits per heavy atom. The first-order chi connectivity index (χ1) is 8.58. The van der Waals surface area contributed by atoms with Crippen molar-refractivity contribution >= 4 is 11.8 Å². The Balaban J connectivity index is 1.90. The van der Waals surface area contributed by atoms with Crippen LogP contribution in [0.15, 0.2) is 18.2 Å². The Morgan fingerprint density at radius 1 is 1.17 bits per heavy atom. The summed E-state index contributed by atoms with van der Waals surface area (Å²) in [6, 6.07) is 3.48. The molecule has 4 nitrogen and oxygen atoms in total. The molecule has 0 aliphatic heterocycles. The van der Waals surface area contributed by atoms with Gasteiger partial charge in [0, 0.05) is 18.2 Å². The average Bonchev–Trinajstić information content (AvgIpc) is 3.12. The molecule has 0 atom stereocenters. The van der Waals surface area contributed by atoms with Crippen LogP contribution in [0.25, 0.3) is 0 Å². The third kappa shape index (κ3) is 3.03. The van der Waals surface area contributed by atoms with Crippen molar-refractivity contribution in [3.8, 4) is 0 Å². The lowest BCUT2D eigenvalue weighted by atomic mass is 10.2. The van der Waals surface area contributed by atoms with E-state index in [-0.39, 0.29) is 18.2 Å². The van der Waals surface area contributed by atoms with Gasteiger partial charge in [-0.15, -0.1) is 0 Å². The van der Waals surface area contributed by atoms with E-state index >= 15 is 0 Å². The van der Waals surface area contributed by atoms with Crippen LogP contribution in [0.2, 0.25) is 0 Å². The lowest BCUT2D eigenvalue weighted by molar-refractivity contribution is -0.139. The molecule has 1 fully saturated rings. The van der Waals surface area contributed by atoms with Gasteiger partial charge >= 0.3 is 11.8 Å². The number of hydrogen-bond acceptors (Lipinski definition) is 2. The molecule has 1 aliphatic rings. The highest BCUT2D eigenvalue weighted by Gasteiger charge is 2.26. The Morgan fingerprint density at radius 3 is 2.33 bits per heavy atom. The van der Waals surface area contributed by atoms with Crippen molar-refractivity contribution in [3.63, 3.8) is 0 Å². The highest BCUT2D eigenvalue weighted by Crippen LogP contribution is 2.18. The van der Waals surface area contributed by atoms with E-state index < -0.39 is 23.4 Å². The fraction of sp³-hybridized carbons (Fsp3) is 0.333. The van der Waals surface area contributed by atoms with Crippen LogP contribution >= 0.6 is 0 Å². The summed E-state index contributed by atoms with van der Waals surface area (Å²) in [6.07, 6.45) is 1.72. The number of benzene rings is 1. The standard InChI is InChI=1S/C12H12F2N2O2/c13-9-2-1-3-10(14)8(9)6-15-11(17)12(18)16-7-4-5-7/h1-3,7H,4-6H2,(H,15,17)(H,16,18). The molecule has 1 aromatic carbocycles. The van der Waals surface area contributed by atoms with Crippen LogP contribution in [0.1, 0.15) is 18.4 Å². The first-order valence-electron chi connectivity index (χ1n) is 5.59. The van der Waals surface area contributed by atoms with Gasteiger partial charge in [0.2, 0.25) is 0 Å².